The molecule has 1 amide bonds. The normalized spacial score (nSPS) is 19.2. The second-order valence-electron chi connectivity index (χ2n) is 5.93. The number of rotatable bonds is 0. The summed E-state index contributed by atoms with van der Waals surface area (Å²) in [6, 6.07) is 0. The van der Waals surface area contributed by atoms with Gasteiger partial charge in [0.25, 0.3) is 0 Å². The first-order valence-corrected chi connectivity index (χ1v) is 6.79. The SMILES string of the molecule is CC(C)(C)OC(=O)N1CCCC(=O)CC(=O)CCC1. The van der Waals surface area contributed by atoms with E-state index in [1.54, 1.807) is 4.90 Å². The molecule has 0 spiro atoms. The third-order valence-corrected chi connectivity index (χ3v) is 2.81. The molecule has 5 nitrogen and oxygen atoms in total. The Bertz CT molecular complexity index is 337. The largest absolute Gasteiger partial charge is 0.444 e. The third kappa shape index (κ3) is 6.36. The number of carbonyl (C=O) groups is 3. The predicted molar refractivity (Wildman–Crippen MR) is 70.9 cm³/mol. The van der Waals surface area contributed by atoms with Gasteiger partial charge < -0.3 is 9.64 Å². The van der Waals surface area contributed by atoms with E-state index in [1.807, 2.05) is 20.8 Å². The Morgan fingerprint density at radius 3 is 1.95 bits per heavy atom. The number of nitrogens with zero attached hydrogens (tertiary/aromatic N) is 1. The molecule has 0 atom stereocenters. The van der Waals surface area contributed by atoms with E-state index < -0.39 is 5.60 Å². The van der Waals surface area contributed by atoms with Crippen LogP contribution in [0.5, 0.6) is 0 Å². The molecule has 1 heterocycles. The zero-order chi connectivity index (χ0) is 14.5. The quantitative estimate of drug-likeness (QED) is 0.633. The summed E-state index contributed by atoms with van der Waals surface area (Å²) in [4.78, 5) is 36.5. The smallest absolute Gasteiger partial charge is 0.410 e. The molecule has 108 valence electrons. The van der Waals surface area contributed by atoms with E-state index in [4.69, 9.17) is 4.74 Å². The van der Waals surface area contributed by atoms with Gasteiger partial charge >= 0.3 is 6.09 Å². The second-order valence-corrected chi connectivity index (χ2v) is 5.93. The number of Topliss-reactive ketones (excluding diaryl/α,β-unsaturated/α-hetero) is 2. The monoisotopic (exact) mass is 269 g/mol. The van der Waals surface area contributed by atoms with Gasteiger partial charge in [-0.1, -0.05) is 0 Å². The Kier molecular flexibility index (Phi) is 5.51. The van der Waals surface area contributed by atoms with Gasteiger partial charge in [0.15, 0.2) is 0 Å². The molecule has 0 aliphatic carbocycles. The van der Waals surface area contributed by atoms with Crippen LogP contribution >= 0.6 is 0 Å². The summed E-state index contributed by atoms with van der Waals surface area (Å²) >= 11 is 0. The van der Waals surface area contributed by atoms with E-state index in [0.29, 0.717) is 38.8 Å². The van der Waals surface area contributed by atoms with Gasteiger partial charge in [-0.05, 0) is 33.6 Å². The van der Waals surface area contributed by atoms with Crippen molar-refractivity contribution < 1.29 is 19.1 Å². The average molecular weight is 269 g/mol. The molecule has 0 N–H and O–H groups in total. The molecule has 0 saturated carbocycles. The summed E-state index contributed by atoms with van der Waals surface area (Å²) < 4.78 is 5.32. The fourth-order valence-corrected chi connectivity index (χ4v) is 1.95. The minimum Gasteiger partial charge on any atom is -0.444 e. The van der Waals surface area contributed by atoms with Crippen molar-refractivity contribution in [3.05, 3.63) is 0 Å². The number of hydrogen-bond acceptors (Lipinski definition) is 4. The molecule has 1 saturated heterocycles. The Morgan fingerprint density at radius 1 is 1.05 bits per heavy atom. The van der Waals surface area contributed by atoms with Gasteiger partial charge in [0, 0.05) is 25.9 Å². The minimum absolute atomic E-state index is 0.0314. The van der Waals surface area contributed by atoms with Gasteiger partial charge in [-0.2, -0.15) is 0 Å². The molecule has 1 aliphatic heterocycles. The lowest BCUT2D eigenvalue weighted by Gasteiger charge is -2.27. The van der Waals surface area contributed by atoms with Crippen molar-refractivity contribution in [2.45, 2.75) is 58.5 Å². The minimum atomic E-state index is -0.530. The van der Waals surface area contributed by atoms with Crippen LogP contribution < -0.4 is 0 Å². The molecular formula is C14H23NO4. The third-order valence-electron chi connectivity index (χ3n) is 2.81. The van der Waals surface area contributed by atoms with Crippen molar-refractivity contribution in [2.75, 3.05) is 13.1 Å². The van der Waals surface area contributed by atoms with Crippen molar-refractivity contribution in [1.29, 1.82) is 0 Å². The Balaban J connectivity index is 2.59. The summed E-state index contributed by atoms with van der Waals surface area (Å²) in [6.07, 6.45) is 1.56. The Morgan fingerprint density at radius 2 is 1.53 bits per heavy atom. The molecule has 0 aromatic heterocycles. The van der Waals surface area contributed by atoms with Crippen LogP contribution in [-0.2, 0) is 14.3 Å². The molecule has 0 aromatic carbocycles. The number of ether oxygens (including phenoxy) is 1. The molecule has 1 rings (SSSR count). The highest BCUT2D eigenvalue weighted by atomic mass is 16.6. The maximum Gasteiger partial charge on any atom is 0.410 e. The van der Waals surface area contributed by atoms with E-state index in [2.05, 4.69) is 0 Å². The summed E-state index contributed by atoms with van der Waals surface area (Å²) in [5, 5.41) is 0. The van der Waals surface area contributed by atoms with E-state index >= 15 is 0 Å². The van der Waals surface area contributed by atoms with Crippen molar-refractivity contribution in [3.63, 3.8) is 0 Å². The van der Waals surface area contributed by atoms with Crippen molar-refractivity contribution in [1.82, 2.24) is 4.90 Å². The van der Waals surface area contributed by atoms with Gasteiger partial charge in [0.2, 0.25) is 0 Å². The number of carbonyl (C=O) groups excluding carboxylic acids is 3. The lowest BCUT2D eigenvalue weighted by Crippen LogP contribution is -2.38. The van der Waals surface area contributed by atoms with Crippen LogP contribution in [0, 0.1) is 0 Å². The topological polar surface area (TPSA) is 63.7 Å². The summed E-state index contributed by atoms with van der Waals surface area (Å²) in [6.45, 7) is 6.47. The lowest BCUT2D eigenvalue weighted by molar-refractivity contribution is -0.127. The summed E-state index contributed by atoms with van der Waals surface area (Å²) in [5.41, 5.74) is -0.530. The molecule has 19 heavy (non-hydrogen) atoms. The fraction of sp³-hybridized carbons (Fsp3) is 0.786. The standard InChI is InChI=1S/C14H23NO4/c1-14(2,3)19-13(18)15-8-4-6-11(16)10-12(17)7-5-9-15/h4-10H2,1-3H3. The summed E-state index contributed by atoms with van der Waals surface area (Å²) in [5.74, 6) is -0.0629. The van der Waals surface area contributed by atoms with Crippen LogP contribution in [0.3, 0.4) is 0 Å². The average Bonchev–Trinajstić information content (AvgIpc) is 2.24. The van der Waals surface area contributed by atoms with Crippen LogP contribution in [-0.4, -0.2) is 41.3 Å². The lowest BCUT2D eigenvalue weighted by atomic mass is 10.0. The highest BCUT2D eigenvalue weighted by Crippen LogP contribution is 2.13. The highest BCUT2D eigenvalue weighted by Gasteiger charge is 2.23. The zero-order valence-corrected chi connectivity index (χ0v) is 12.0. The highest BCUT2D eigenvalue weighted by molar-refractivity contribution is 5.99. The van der Waals surface area contributed by atoms with E-state index in [-0.39, 0.29) is 24.1 Å². The van der Waals surface area contributed by atoms with Gasteiger partial charge in [0.05, 0.1) is 6.42 Å². The predicted octanol–water partition coefficient (Wildman–Crippen LogP) is 2.33. The van der Waals surface area contributed by atoms with Gasteiger partial charge in [0.1, 0.15) is 17.2 Å². The first kappa shape index (κ1) is 15.7. The molecule has 5 heteroatoms. The number of ketones is 2. The second kappa shape index (κ2) is 6.68. The first-order valence-electron chi connectivity index (χ1n) is 6.79. The van der Waals surface area contributed by atoms with Crippen LogP contribution in [0.4, 0.5) is 4.79 Å². The van der Waals surface area contributed by atoms with Crippen molar-refractivity contribution >= 4 is 17.7 Å². The Hall–Kier alpha value is -1.39. The van der Waals surface area contributed by atoms with Crippen LogP contribution in [0.15, 0.2) is 0 Å². The molecule has 1 aliphatic rings. The molecule has 0 bridgehead atoms. The van der Waals surface area contributed by atoms with E-state index in [9.17, 15) is 14.4 Å². The fourth-order valence-electron chi connectivity index (χ4n) is 1.95. The number of hydrogen-bond donors (Lipinski definition) is 0. The molecule has 0 aromatic rings. The summed E-state index contributed by atoms with van der Waals surface area (Å²) in [7, 11) is 0. The maximum atomic E-state index is 12.0. The molecule has 1 fully saturated rings. The molecular weight excluding hydrogens is 246 g/mol. The van der Waals surface area contributed by atoms with Crippen molar-refractivity contribution in [2.24, 2.45) is 0 Å². The van der Waals surface area contributed by atoms with Crippen LogP contribution in [0.1, 0.15) is 52.9 Å². The van der Waals surface area contributed by atoms with Gasteiger partial charge in [-0.25, -0.2) is 4.79 Å². The maximum absolute atomic E-state index is 12.0. The van der Waals surface area contributed by atoms with E-state index in [1.165, 1.54) is 0 Å². The molecule has 0 radical (unpaired) electrons. The van der Waals surface area contributed by atoms with Crippen LogP contribution in [0.25, 0.3) is 0 Å². The van der Waals surface area contributed by atoms with Crippen molar-refractivity contribution in [3.8, 4) is 0 Å². The van der Waals surface area contributed by atoms with Gasteiger partial charge in [-0.3, -0.25) is 9.59 Å². The first-order chi connectivity index (χ1) is 8.78. The van der Waals surface area contributed by atoms with Gasteiger partial charge in [-0.15, -0.1) is 0 Å². The van der Waals surface area contributed by atoms with E-state index in [0.717, 1.165) is 0 Å². The Labute approximate surface area is 114 Å². The van der Waals surface area contributed by atoms with Crippen LogP contribution in [0.2, 0.25) is 0 Å². The zero-order valence-electron chi connectivity index (χ0n) is 12.0. The number of amides is 1. The molecule has 0 unspecified atom stereocenters.